The molecule has 1 unspecified atom stereocenters. The Morgan fingerprint density at radius 1 is 1.16 bits per heavy atom. The van der Waals surface area contributed by atoms with Crippen LogP contribution in [0.1, 0.15) is 22.0 Å². The van der Waals surface area contributed by atoms with Gasteiger partial charge in [0.15, 0.2) is 0 Å². The first-order chi connectivity index (χ1) is 14.9. The Bertz CT molecular complexity index is 1190. The first-order valence-electron chi connectivity index (χ1n) is 9.34. The van der Waals surface area contributed by atoms with Crippen LogP contribution < -0.4 is 4.74 Å². The van der Waals surface area contributed by atoms with Crippen LogP contribution in [0.5, 0.6) is 11.5 Å². The fourth-order valence-electron chi connectivity index (χ4n) is 3.67. The molecule has 8 heteroatoms. The van der Waals surface area contributed by atoms with Crippen molar-refractivity contribution in [1.82, 2.24) is 4.90 Å². The van der Waals surface area contributed by atoms with Crippen molar-refractivity contribution in [1.29, 1.82) is 0 Å². The Kier molecular flexibility index (Phi) is 5.48. The predicted octanol–water partition coefficient (Wildman–Crippen LogP) is 4.22. The van der Waals surface area contributed by atoms with Crippen LogP contribution in [0.3, 0.4) is 0 Å². The van der Waals surface area contributed by atoms with Gasteiger partial charge in [0.25, 0.3) is 11.7 Å². The van der Waals surface area contributed by atoms with E-state index in [1.807, 2.05) is 17.5 Å². The number of hydrogen-bond acceptors (Lipinski definition) is 6. The molecule has 4 rings (SSSR count). The molecule has 0 radical (unpaired) electrons. The summed E-state index contributed by atoms with van der Waals surface area (Å²) in [6.07, 6.45) is 0. The third kappa shape index (κ3) is 3.77. The van der Waals surface area contributed by atoms with Gasteiger partial charge in [0, 0.05) is 4.88 Å². The molecule has 3 aromatic rings. The van der Waals surface area contributed by atoms with Crippen molar-refractivity contribution in [3.05, 3.63) is 87.4 Å². The van der Waals surface area contributed by atoms with E-state index >= 15 is 0 Å². The SMILES string of the molecule is COc1ccc(F)cc1/C(O)=C1\C(=O)C(=O)N(Cc2cccs2)C1c1cccc(O)c1. The summed E-state index contributed by atoms with van der Waals surface area (Å²) in [7, 11) is 1.35. The molecule has 2 N–H and O–H groups in total. The number of benzene rings is 2. The number of hydrogen-bond donors (Lipinski definition) is 2. The lowest BCUT2D eigenvalue weighted by atomic mass is 9.94. The number of thiophene rings is 1. The Morgan fingerprint density at radius 3 is 2.65 bits per heavy atom. The average molecular weight is 439 g/mol. The van der Waals surface area contributed by atoms with Gasteiger partial charge in [0.2, 0.25) is 0 Å². The van der Waals surface area contributed by atoms with Gasteiger partial charge >= 0.3 is 0 Å². The summed E-state index contributed by atoms with van der Waals surface area (Å²) >= 11 is 1.42. The van der Waals surface area contributed by atoms with Gasteiger partial charge in [0.1, 0.15) is 23.1 Å². The van der Waals surface area contributed by atoms with Gasteiger partial charge in [-0.05, 0) is 47.3 Å². The molecular formula is C23H18FNO5S. The standard InChI is InChI=1S/C23H18FNO5S/c1-30-18-8-7-14(24)11-17(18)21(27)19-20(13-4-2-5-15(26)10-13)25(23(29)22(19)28)12-16-6-3-9-31-16/h2-11,20,26-27H,12H2,1H3/b21-19+. The molecule has 0 bridgehead atoms. The van der Waals surface area contributed by atoms with Crippen LogP contribution in [0.2, 0.25) is 0 Å². The number of aliphatic hydroxyl groups excluding tert-OH is 1. The third-order valence-corrected chi connectivity index (χ3v) is 5.91. The highest BCUT2D eigenvalue weighted by atomic mass is 32.1. The highest BCUT2D eigenvalue weighted by Gasteiger charge is 2.46. The lowest BCUT2D eigenvalue weighted by Crippen LogP contribution is -2.28. The predicted molar refractivity (Wildman–Crippen MR) is 113 cm³/mol. The highest BCUT2D eigenvalue weighted by Crippen LogP contribution is 2.42. The molecule has 1 atom stereocenters. The lowest BCUT2D eigenvalue weighted by Gasteiger charge is -2.25. The van der Waals surface area contributed by atoms with Crippen molar-refractivity contribution in [2.75, 3.05) is 7.11 Å². The lowest BCUT2D eigenvalue weighted by molar-refractivity contribution is -0.140. The van der Waals surface area contributed by atoms with Crippen LogP contribution in [0.25, 0.3) is 5.76 Å². The number of phenols is 1. The largest absolute Gasteiger partial charge is 0.508 e. The van der Waals surface area contributed by atoms with E-state index in [2.05, 4.69) is 0 Å². The van der Waals surface area contributed by atoms with Crippen molar-refractivity contribution in [2.24, 2.45) is 0 Å². The fraction of sp³-hybridized carbons (Fsp3) is 0.130. The summed E-state index contributed by atoms with van der Waals surface area (Å²) in [5, 5.41) is 22.9. The molecule has 1 aliphatic rings. The zero-order valence-corrected chi connectivity index (χ0v) is 17.2. The summed E-state index contributed by atoms with van der Waals surface area (Å²) in [6, 6.07) is 12.3. The molecule has 1 saturated heterocycles. The molecule has 2 heterocycles. The van der Waals surface area contributed by atoms with Gasteiger partial charge in [-0.25, -0.2) is 4.39 Å². The minimum absolute atomic E-state index is 0.0400. The molecule has 0 aliphatic carbocycles. The third-order valence-electron chi connectivity index (χ3n) is 5.05. The van der Waals surface area contributed by atoms with Crippen LogP contribution in [-0.2, 0) is 16.1 Å². The molecule has 1 fully saturated rings. The molecule has 31 heavy (non-hydrogen) atoms. The van der Waals surface area contributed by atoms with E-state index in [1.54, 1.807) is 12.1 Å². The summed E-state index contributed by atoms with van der Waals surface area (Å²) in [4.78, 5) is 28.1. The van der Waals surface area contributed by atoms with Crippen molar-refractivity contribution >= 4 is 28.8 Å². The minimum atomic E-state index is -0.970. The first-order valence-corrected chi connectivity index (χ1v) is 10.2. The molecule has 1 aromatic heterocycles. The number of ether oxygens (including phenoxy) is 1. The van der Waals surface area contributed by atoms with Crippen LogP contribution >= 0.6 is 11.3 Å². The van der Waals surface area contributed by atoms with E-state index in [9.17, 15) is 24.2 Å². The van der Waals surface area contributed by atoms with E-state index in [4.69, 9.17) is 4.74 Å². The Labute approximate surface area is 181 Å². The Hall–Kier alpha value is -3.65. The first kappa shape index (κ1) is 20.6. The molecule has 1 amide bonds. The Morgan fingerprint density at radius 2 is 1.97 bits per heavy atom. The second-order valence-electron chi connectivity index (χ2n) is 6.95. The number of rotatable bonds is 5. The number of aromatic hydroxyl groups is 1. The number of methoxy groups -OCH3 is 1. The van der Waals surface area contributed by atoms with Gasteiger partial charge in [-0.2, -0.15) is 0 Å². The van der Waals surface area contributed by atoms with Crippen LogP contribution in [-0.4, -0.2) is 33.9 Å². The number of Topliss-reactive ketones (excluding diaryl/α,β-unsaturated/α-hetero) is 1. The number of phenolic OH excluding ortho intramolecular Hbond substituents is 1. The summed E-state index contributed by atoms with van der Waals surface area (Å²) < 4.78 is 19.1. The summed E-state index contributed by atoms with van der Waals surface area (Å²) in [6.45, 7) is 0.139. The monoisotopic (exact) mass is 439 g/mol. The van der Waals surface area contributed by atoms with E-state index in [-0.39, 0.29) is 29.2 Å². The molecule has 158 valence electrons. The zero-order chi connectivity index (χ0) is 22.1. The van der Waals surface area contributed by atoms with Gasteiger partial charge in [-0.3, -0.25) is 9.59 Å². The topological polar surface area (TPSA) is 87.1 Å². The van der Waals surface area contributed by atoms with Crippen molar-refractivity contribution in [3.8, 4) is 11.5 Å². The molecule has 1 aliphatic heterocycles. The van der Waals surface area contributed by atoms with E-state index in [1.165, 1.54) is 41.5 Å². The van der Waals surface area contributed by atoms with Gasteiger partial charge in [-0.15, -0.1) is 11.3 Å². The number of amides is 1. The number of aliphatic hydroxyl groups is 1. The van der Waals surface area contributed by atoms with Crippen LogP contribution in [0.4, 0.5) is 4.39 Å². The maximum atomic E-state index is 13.9. The van der Waals surface area contributed by atoms with Gasteiger partial charge in [0.05, 0.1) is 30.8 Å². The quantitative estimate of drug-likeness (QED) is 0.353. The number of likely N-dealkylation sites (tertiary alicyclic amines) is 1. The number of nitrogens with zero attached hydrogens (tertiary/aromatic N) is 1. The van der Waals surface area contributed by atoms with E-state index in [0.29, 0.717) is 5.56 Å². The number of carbonyl (C=O) groups excluding carboxylic acids is 2. The highest BCUT2D eigenvalue weighted by molar-refractivity contribution is 7.09. The fourth-order valence-corrected chi connectivity index (χ4v) is 4.37. The van der Waals surface area contributed by atoms with Gasteiger partial charge in [-0.1, -0.05) is 18.2 Å². The van der Waals surface area contributed by atoms with Crippen LogP contribution in [0, 0.1) is 5.82 Å². The summed E-state index contributed by atoms with van der Waals surface area (Å²) in [5.41, 5.74) is 0.200. The number of ketones is 1. The van der Waals surface area contributed by atoms with Crippen molar-refractivity contribution < 1.29 is 28.9 Å². The zero-order valence-electron chi connectivity index (χ0n) is 16.4. The van der Waals surface area contributed by atoms with Crippen molar-refractivity contribution in [2.45, 2.75) is 12.6 Å². The normalized spacial score (nSPS) is 17.9. The second kappa shape index (κ2) is 8.23. The van der Waals surface area contributed by atoms with Crippen molar-refractivity contribution in [3.63, 3.8) is 0 Å². The Balaban J connectivity index is 1.92. The maximum Gasteiger partial charge on any atom is 0.295 e. The maximum absolute atomic E-state index is 13.9. The second-order valence-corrected chi connectivity index (χ2v) is 7.98. The smallest absolute Gasteiger partial charge is 0.295 e. The minimum Gasteiger partial charge on any atom is -0.508 e. The van der Waals surface area contributed by atoms with Crippen LogP contribution in [0.15, 0.2) is 65.6 Å². The molecular weight excluding hydrogens is 421 g/mol. The molecule has 6 nitrogen and oxygen atoms in total. The van der Waals surface area contributed by atoms with E-state index in [0.717, 1.165) is 17.0 Å². The van der Waals surface area contributed by atoms with Gasteiger partial charge < -0.3 is 19.8 Å². The molecule has 0 spiro atoms. The average Bonchev–Trinajstić information content (AvgIpc) is 3.35. The number of carbonyl (C=O) groups is 2. The molecule has 0 saturated carbocycles. The number of halogens is 1. The summed E-state index contributed by atoms with van der Waals surface area (Å²) in [5.74, 6) is -2.77. The van der Waals surface area contributed by atoms with E-state index < -0.39 is 29.3 Å². The molecule has 2 aromatic carbocycles.